The molecule has 0 spiro atoms. The number of halogens is 2. The van der Waals surface area contributed by atoms with Crippen molar-refractivity contribution in [3.05, 3.63) is 63.9 Å². The standard InChI is InChI=1S/C14H12BrFO/c1-10-4-2-3-5-14(10)17-9-11-6-7-13(16)12(15)8-11/h2-8H,9H2,1H3. The lowest BCUT2D eigenvalue weighted by Gasteiger charge is -2.09. The fraction of sp³-hybridized carbons (Fsp3) is 0.143. The van der Waals surface area contributed by atoms with Crippen LogP contribution in [0.4, 0.5) is 4.39 Å². The molecule has 2 rings (SSSR count). The summed E-state index contributed by atoms with van der Waals surface area (Å²) in [6, 6.07) is 12.7. The summed E-state index contributed by atoms with van der Waals surface area (Å²) in [7, 11) is 0. The number of ether oxygens (including phenoxy) is 1. The molecule has 2 aromatic carbocycles. The smallest absolute Gasteiger partial charge is 0.137 e. The zero-order chi connectivity index (χ0) is 12.3. The van der Waals surface area contributed by atoms with Crippen molar-refractivity contribution in [1.29, 1.82) is 0 Å². The molecule has 0 radical (unpaired) electrons. The van der Waals surface area contributed by atoms with Crippen molar-refractivity contribution in [2.24, 2.45) is 0 Å². The van der Waals surface area contributed by atoms with Crippen LogP contribution in [0, 0.1) is 12.7 Å². The van der Waals surface area contributed by atoms with Crippen molar-refractivity contribution >= 4 is 15.9 Å². The first-order valence-corrected chi connectivity index (χ1v) is 6.08. The number of hydrogen-bond acceptors (Lipinski definition) is 1. The van der Waals surface area contributed by atoms with Crippen LogP contribution in [0.5, 0.6) is 5.75 Å². The molecule has 0 aliphatic rings. The molecule has 0 saturated heterocycles. The normalized spacial score (nSPS) is 10.3. The van der Waals surface area contributed by atoms with Crippen molar-refractivity contribution in [3.8, 4) is 5.75 Å². The summed E-state index contributed by atoms with van der Waals surface area (Å²) in [4.78, 5) is 0. The monoisotopic (exact) mass is 294 g/mol. The molecule has 0 bridgehead atoms. The van der Waals surface area contributed by atoms with E-state index in [-0.39, 0.29) is 5.82 Å². The molecule has 0 aromatic heterocycles. The van der Waals surface area contributed by atoms with Gasteiger partial charge in [-0.2, -0.15) is 0 Å². The molecule has 0 amide bonds. The molecule has 17 heavy (non-hydrogen) atoms. The lowest BCUT2D eigenvalue weighted by molar-refractivity contribution is 0.304. The first-order chi connectivity index (χ1) is 8.16. The fourth-order valence-electron chi connectivity index (χ4n) is 1.51. The van der Waals surface area contributed by atoms with E-state index in [4.69, 9.17) is 4.74 Å². The minimum atomic E-state index is -0.260. The Morgan fingerprint density at radius 3 is 2.65 bits per heavy atom. The van der Waals surface area contributed by atoms with Gasteiger partial charge in [0.25, 0.3) is 0 Å². The van der Waals surface area contributed by atoms with Gasteiger partial charge in [-0.05, 0) is 52.2 Å². The first kappa shape index (κ1) is 12.1. The summed E-state index contributed by atoms with van der Waals surface area (Å²) in [6.45, 7) is 2.43. The SMILES string of the molecule is Cc1ccccc1OCc1ccc(F)c(Br)c1. The highest BCUT2D eigenvalue weighted by atomic mass is 79.9. The summed E-state index contributed by atoms with van der Waals surface area (Å²) < 4.78 is 19.2. The first-order valence-electron chi connectivity index (χ1n) is 5.29. The van der Waals surface area contributed by atoms with Crippen molar-refractivity contribution in [1.82, 2.24) is 0 Å². The summed E-state index contributed by atoms with van der Waals surface area (Å²) in [5.74, 6) is 0.595. The minimum absolute atomic E-state index is 0.260. The molecule has 2 aromatic rings. The zero-order valence-corrected chi connectivity index (χ0v) is 11.0. The summed E-state index contributed by atoms with van der Waals surface area (Å²) in [6.07, 6.45) is 0. The predicted molar refractivity (Wildman–Crippen MR) is 69.6 cm³/mol. The van der Waals surface area contributed by atoms with Crippen molar-refractivity contribution in [2.75, 3.05) is 0 Å². The van der Waals surface area contributed by atoms with E-state index in [0.717, 1.165) is 16.9 Å². The topological polar surface area (TPSA) is 9.23 Å². The van der Waals surface area contributed by atoms with Gasteiger partial charge in [0.2, 0.25) is 0 Å². The van der Waals surface area contributed by atoms with Gasteiger partial charge in [-0.1, -0.05) is 24.3 Å². The van der Waals surface area contributed by atoms with Crippen LogP contribution in [0.15, 0.2) is 46.9 Å². The van der Waals surface area contributed by atoms with Gasteiger partial charge in [0, 0.05) is 0 Å². The molecule has 3 heteroatoms. The maximum absolute atomic E-state index is 13.0. The van der Waals surface area contributed by atoms with E-state index in [2.05, 4.69) is 15.9 Å². The van der Waals surface area contributed by atoms with Gasteiger partial charge >= 0.3 is 0 Å². The van der Waals surface area contributed by atoms with Gasteiger partial charge in [0.15, 0.2) is 0 Å². The van der Waals surface area contributed by atoms with Crippen LogP contribution >= 0.6 is 15.9 Å². The Morgan fingerprint density at radius 1 is 1.18 bits per heavy atom. The lowest BCUT2D eigenvalue weighted by Crippen LogP contribution is -1.97. The van der Waals surface area contributed by atoms with Gasteiger partial charge in [0.05, 0.1) is 4.47 Å². The van der Waals surface area contributed by atoms with E-state index in [1.807, 2.05) is 31.2 Å². The fourth-order valence-corrected chi connectivity index (χ4v) is 1.94. The van der Waals surface area contributed by atoms with E-state index in [9.17, 15) is 4.39 Å². The van der Waals surface area contributed by atoms with E-state index in [0.29, 0.717) is 11.1 Å². The largest absolute Gasteiger partial charge is 0.489 e. The van der Waals surface area contributed by atoms with Crippen LogP contribution in [0.3, 0.4) is 0 Å². The van der Waals surface area contributed by atoms with E-state index in [1.165, 1.54) is 6.07 Å². The number of aryl methyl sites for hydroxylation is 1. The molecular weight excluding hydrogens is 283 g/mol. The average Bonchev–Trinajstić information content (AvgIpc) is 2.32. The van der Waals surface area contributed by atoms with Crippen LogP contribution in [0.1, 0.15) is 11.1 Å². The molecule has 88 valence electrons. The Kier molecular flexibility index (Phi) is 3.79. The maximum atomic E-state index is 13.0. The van der Waals surface area contributed by atoms with Crippen molar-refractivity contribution < 1.29 is 9.13 Å². The Hall–Kier alpha value is -1.35. The number of para-hydroxylation sites is 1. The summed E-state index contributed by atoms with van der Waals surface area (Å²) in [5.41, 5.74) is 2.02. The van der Waals surface area contributed by atoms with Crippen LogP contribution in [0.25, 0.3) is 0 Å². The molecule has 0 fully saturated rings. The predicted octanol–water partition coefficient (Wildman–Crippen LogP) is 4.48. The molecule has 0 aliphatic heterocycles. The number of rotatable bonds is 3. The Morgan fingerprint density at radius 2 is 1.94 bits per heavy atom. The Labute approximate surface area is 108 Å². The third-order valence-corrected chi connectivity index (χ3v) is 3.08. The van der Waals surface area contributed by atoms with Gasteiger partial charge in [-0.3, -0.25) is 0 Å². The third-order valence-electron chi connectivity index (χ3n) is 2.47. The van der Waals surface area contributed by atoms with Crippen molar-refractivity contribution in [2.45, 2.75) is 13.5 Å². The van der Waals surface area contributed by atoms with Gasteiger partial charge in [-0.15, -0.1) is 0 Å². The number of benzene rings is 2. The molecular formula is C14H12BrFO. The zero-order valence-electron chi connectivity index (χ0n) is 9.41. The maximum Gasteiger partial charge on any atom is 0.137 e. The van der Waals surface area contributed by atoms with Gasteiger partial charge in [0.1, 0.15) is 18.2 Å². The highest BCUT2D eigenvalue weighted by molar-refractivity contribution is 9.10. The van der Waals surface area contributed by atoms with Gasteiger partial charge < -0.3 is 4.74 Å². The van der Waals surface area contributed by atoms with Crippen molar-refractivity contribution in [3.63, 3.8) is 0 Å². The van der Waals surface area contributed by atoms with Crippen LogP contribution in [0.2, 0.25) is 0 Å². The highest BCUT2D eigenvalue weighted by Crippen LogP contribution is 2.20. The van der Waals surface area contributed by atoms with E-state index >= 15 is 0 Å². The second-order valence-corrected chi connectivity index (χ2v) is 4.66. The summed E-state index contributed by atoms with van der Waals surface area (Å²) >= 11 is 3.16. The average molecular weight is 295 g/mol. The van der Waals surface area contributed by atoms with Crippen LogP contribution < -0.4 is 4.74 Å². The second-order valence-electron chi connectivity index (χ2n) is 3.80. The minimum Gasteiger partial charge on any atom is -0.489 e. The second kappa shape index (κ2) is 5.32. The molecule has 0 aliphatic carbocycles. The Balaban J connectivity index is 2.08. The van der Waals surface area contributed by atoms with Gasteiger partial charge in [-0.25, -0.2) is 4.39 Å². The van der Waals surface area contributed by atoms with E-state index < -0.39 is 0 Å². The molecule has 1 nitrogen and oxygen atoms in total. The molecule has 0 unspecified atom stereocenters. The Bertz CT molecular complexity index is 525. The highest BCUT2D eigenvalue weighted by Gasteiger charge is 2.02. The summed E-state index contributed by atoms with van der Waals surface area (Å²) in [5, 5.41) is 0. The number of hydrogen-bond donors (Lipinski definition) is 0. The van der Waals surface area contributed by atoms with Crippen LogP contribution in [-0.2, 0) is 6.61 Å². The molecule has 0 N–H and O–H groups in total. The molecule has 0 saturated carbocycles. The third kappa shape index (κ3) is 3.07. The van der Waals surface area contributed by atoms with Crippen LogP contribution in [-0.4, -0.2) is 0 Å². The van der Waals surface area contributed by atoms with E-state index in [1.54, 1.807) is 12.1 Å². The molecule has 0 atom stereocenters. The quantitative estimate of drug-likeness (QED) is 0.811. The lowest BCUT2D eigenvalue weighted by atomic mass is 10.2. The molecule has 0 heterocycles.